The molecule has 0 saturated carbocycles. The number of pyridine rings is 1. The Morgan fingerprint density at radius 1 is 1.26 bits per heavy atom. The van der Waals surface area contributed by atoms with Crippen molar-refractivity contribution in [1.29, 1.82) is 0 Å². The highest BCUT2D eigenvalue weighted by molar-refractivity contribution is 5.96. The molecule has 0 saturated heterocycles. The van der Waals surface area contributed by atoms with Crippen LogP contribution in [0.2, 0.25) is 0 Å². The van der Waals surface area contributed by atoms with Crippen molar-refractivity contribution in [3.05, 3.63) is 53.7 Å². The van der Waals surface area contributed by atoms with E-state index in [-0.39, 0.29) is 23.7 Å². The number of nitrogens with zero attached hydrogens (tertiary/aromatic N) is 1. The monoisotopic (exact) mass is 322 g/mol. The summed E-state index contributed by atoms with van der Waals surface area (Å²) in [5.41, 5.74) is 0.726. The van der Waals surface area contributed by atoms with Crippen LogP contribution >= 0.6 is 0 Å². The van der Waals surface area contributed by atoms with Crippen LogP contribution in [0.15, 0.2) is 42.6 Å². The van der Waals surface area contributed by atoms with Crippen LogP contribution in [0.5, 0.6) is 11.6 Å². The molecular weight excluding hydrogens is 306 g/mol. The van der Waals surface area contributed by atoms with E-state index in [4.69, 9.17) is 4.74 Å². The number of hydrogen-bond donors (Lipinski definition) is 1. The summed E-state index contributed by atoms with van der Waals surface area (Å²) in [6, 6.07) is 9.47. The summed E-state index contributed by atoms with van der Waals surface area (Å²) in [5.74, 6) is -0.156. The smallest absolute Gasteiger partial charge is 0.387 e. The van der Waals surface area contributed by atoms with Gasteiger partial charge in [-0.15, -0.1) is 0 Å². The highest BCUT2D eigenvalue weighted by Crippen LogP contribution is 2.20. The van der Waals surface area contributed by atoms with Crippen molar-refractivity contribution in [2.24, 2.45) is 0 Å². The van der Waals surface area contributed by atoms with Crippen molar-refractivity contribution < 1.29 is 23.0 Å². The van der Waals surface area contributed by atoms with Gasteiger partial charge in [-0.3, -0.25) is 4.79 Å². The first-order valence-electron chi connectivity index (χ1n) is 7.00. The minimum absolute atomic E-state index is 0.0269. The largest absolute Gasteiger partial charge is 0.477 e. The number of rotatable bonds is 7. The Balaban J connectivity index is 2.08. The van der Waals surface area contributed by atoms with Gasteiger partial charge in [0.25, 0.3) is 5.91 Å². The number of amides is 1. The number of aromatic nitrogens is 1. The van der Waals surface area contributed by atoms with Crippen LogP contribution in [-0.2, 0) is 6.54 Å². The van der Waals surface area contributed by atoms with E-state index in [0.717, 1.165) is 0 Å². The lowest BCUT2D eigenvalue weighted by molar-refractivity contribution is -0.0504. The molecule has 122 valence electrons. The topological polar surface area (TPSA) is 60.5 Å². The fraction of sp³-hybridized carbons (Fsp3) is 0.250. The first kappa shape index (κ1) is 16.7. The molecule has 1 amide bonds. The van der Waals surface area contributed by atoms with Crippen LogP contribution in [0.3, 0.4) is 0 Å². The number of benzene rings is 1. The maximum absolute atomic E-state index is 12.4. The third-order valence-electron chi connectivity index (χ3n) is 2.92. The summed E-state index contributed by atoms with van der Waals surface area (Å²) in [7, 11) is 0. The Hall–Kier alpha value is -2.70. The van der Waals surface area contributed by atoms with Crippen LogP contribution in [0.4, 0.5) is 8.78 Å². The van der Waals surface area contributed by atoms with E-state index < -0.39 is 12.5 Å². The van der Waals surface area contributed by atoms with Crippen LogP contribution in [-0.4, -0.2) is 24.1 Å². The SMILES string of the molecule is CCOc1ncccc1C(=O)NCc1ccccc1OC(F)F. The zero-order chi connectivity index (χ0) is 16.7. The zero-order valence-corrected chi connectivity index (χ0v) is 12.5. The zero-order valence-electron chi connectivity index (χ0n) is 12.5. The van der Waals surface area contributed by atoms with E-state index >= 15 is 0 Å². The second kappa shape index (κ2) is 8.07. The lowest BCUT2D eigenvalue weighted by atomic mass is 10.2. The van der Waals surface area contributed by atoms with Crippen molar-refractivity contribution in [3.8, 4) is 11.6 Å². The van der Waals surface area contributed by atoms with Crippen LogP contribution in [0.25, 0.3) is 0 Å². The molecule has 0 fully saturated rings. The van der Waals surface area contributed by atoms with Crippen molar-refractivity contribution in [1.82, 2.24) is 10.3 Å². The lowest BCUT2D eigenvalue weighted by Crippen LogP contribution is -2.24. The van der Waals surface area contributed by atoms with E-state index in [2.05, 4.69) is 15.0 Å². The van der Waals surface area contributed by atoms with Crippen molar-refractivity contribution in [3.63, 3.8) is 0 Å². The first-order chi connectivity index (χ1) is 11.1. The molecule has 2 rings (SSSR count). The second-order valence-corrected chi connectivity index (χ2v) is 4.46. The highest BCUT2D eigenvalue weighted by atomic mass is 19.3. The number of hydrogen-bond acceptors (Lipinski definition) is 4. The van der Waals surface area contributed by atoms with Crippen LogP contribution in [0.1, 0.15) is 22.8 Å². The number of ether oxygens (including phenoxy) is 2. The predicted molar refractivity (Wildman–Crippen MR) is 79.7 cm³/mol. The van der Waals surface area contributed by atoms with Gasteiger partial charge in [0.1, 0.15) is 11.3 Å². The van der Waals surface area contributed by atoms with Gasteiger partial charge in [0, 0.05) is 18.3 Å². The summed E-state index contributed by atoms with van der Waals surface area (Å²) in [5, 5.41) is 2.64. The normalized spacial score (nSPS) is 10.4. The standard InChI is InChI=1S/C16H16F2N2O3/c1-2-22-15-12(7-5-9-19-15)14(21)20-10-11-6-3-4-8-13(11)23-16(17)18/h3-9,16H,2,10H2,1H3,(H,20,21). The van der Waals surface area contributed by atoms with Gasteiger partial charge in [-0.25, -0.2) is 4.98 Å². The van der Waals surface area contributed by atoms with Gasteiger partial charge in [-0.1, -0.05) is 18.2 Å². The van der Waals surface area contributed by atoms with E-state index in [1.807, 2.05) is 0 Å². The molecule has 1 aromatic carbocycles. The lowest BCUT2D eigenvalue weighted by Gasteiger charge is -2.12. The van der Waals surface area contributed by atoms with Crippen molar-refractivity contribution >= 4 is 5.91 Å². The highest BCUT2D eigenvalue weighted by Gasteiger charge is 2.14. The molecule has 7 heteroatoms. The Bertz CT molecular complexity index is 665. The predicted octanol–water partition coefficient (Wildman–Crippen LogP) is 3.01. The van der Waals surface area contributed by atoms with Crippen LogP contribution in [0, 0.1) is 0 Å². The van der Waals surface area contributed by atoms with Gasteiger partial charge in [0.2, 0.25) is 5.88 Å². The summed E-state index contributed by atoms with van der Waals surface area (Å²) in [6.45, 7) is -0.714. The number of alkyl halides is 2. The minimum atomic E-state index is -2.92. The summed E-state index contributed by atoms with van der Waals surface area (Å²) < 4.78 is 34.4. The van der Waals surface area contributed by atoms with Gasteiger partial charge in [0.05, 0.1) is 6.61 Å². The Morgan fingerprint density at radius 2 is 2.04 bits per heavy atom. The maximum Gasteiger partial charge on any atom is 0.387 e. The number of nitrogens with one attached hydrogen (secondary N) is 1. The van der Waals surface area contributed by atoms with Gasteiger partial charge in [-0.2, -0.15) is 8.78 Å². The number of para-hydroxylation sites is 1. The molecular formula is C16H16F2N2O3. The molecule has 1 N–H and O–H groups in total. The fourth-order valence-corrected chi connectivity index (χ4v) is 1.95. The number of carbonyl (C=O) groups excluding carboxylic acids is 1. The fourth-order valence-electron chi connectivity index (χ4n) is 1.95. The third kappa shape index (κ3) is 4.64. The molecule has 0 radical (unpaired) electrons. The minimum Gasteiger partial charge on any atom is -0.477 e. The number of halogens is 2. The van der Waals surface area contributed by atoms with Gasteiger partial charge < -0.3 is 14.8 Å². The molecule has 5 nitrogen and oxygen atoms in total. The molecule has 0 spiro atoms. The molecule has 0 aliphatic rings. The second-order valence-electron chi connectivity index (χ2n) is 4.46. The summed E-state index contributed by atoms with van der Waals surface area (Å²) >= 11 is 0. The molecule has 0 aliphatic carbocycles. The van der Waals surface area contributed by atoms with Crippen molar-refractivity contribution in [2.45, 2.75) is 20.1 Å². The summed E-state index contributed by atoms with van der Waals surface area (Å²) in [6.07, 6.45) is 1.52. The van der Waals surface area contributed by atoms with Crippen molar-refractivity contribution in [2.75, 3.05) is 6.61 Å². The number of carbonyl (C=O) groups is 1. The molecule has 1 heterocycles. The molecule has 2 aromatic rings. The summed E-state index contributed by atoms with van der Waals surface area (Å²) in [4.78, 5) is 16.2. The Morgan fingerprint density at radius 3 is 2.78 bits per heavy atom. The van der Waals surface area contributed by atoms with E-state index in [9.17, 15) is 13.6 Å². The molecule has 0 bridgehead atoms. The molecule has 0 atom stereocenters. The Kier molecular flexibility index (Phi) is 5.85. The molecule has 0 unspecified atom stereocenters. The van der Waals surface area contributed by atoms with E-state index in [0.29, 0.717) is 12.2 Å². The van der Waals surface area contributed by atoms with E-state index in [1.165, 1.54) is 12.3 Å². The van der Waals surface area contributed by atoms with Crippen LogP contribution < -0.4 is 14.8 Å². The quantitative estimate of drug-likeness (QED) is 0.851. The molecule has 0 aliphatic heterocycles. The first-order valence-corrected chi connectivity index (χ1v) is 7.00. The average Bonchev–Trinajstić information content (AvgIpc) is 2.54. The third-order valence-corrected chi connectivity index (χ3v) is 2.92. The average molecular weight is 322 g/mol. The maximum atomic E-state index is 12.4. The van der Waals surface area contributed by atoms with E-state index in [1.54, 1.807) is 37.3 Å². The molecule has 1 aromatic heterocycles. The van der Waals surface area contributed by atoms with Gasteiger partial charge >= 0.3 is 6.61 Å². The van der Waals surface area contributed by atoms with Gasteiger partial charge in [-0.05, 0) is 25.1 Å². The Labute approximate surface area is 132 Å². The molecule has 23 heavy (non-hydrogen) atoms. The van der Waals surface area contributed by atoms with Gasteiger partial charge in [0.15, 0.2) is 0 Å².